The predicted molar refractivity (Wildman–Crippen MR) is 87.5 cm³/mol. The molecule has 1 N–H and O–H groups in total. The van der Waals surface area contributed by atoms with Crippen LogP contribution in [0, 0.1) is 6.92 Å². The average molecular weight is 288 g/mol. The van der Waals surface area contributed by atoms with Gasteiger partial charge in [0.15, 0.2) is 0 Å². The van der Waals surface area contributed by atoms with Gasteiger partial charge in [-0.1, -0.05) is 48.9 Å². The second kappa shape index (κ2) is 6.92. The molecule has 1 atom stereocenters. The Hall–Kier alpha value is -1.31. The Bertz CT molecular complexity index is 540. The number of halogens is 1. The minimum absolute atomic E-state index is 0.292. The van der Waals surface area contributed by atoms with Crippen LogP contribution in [0.5, 0.6) is 0 Å². The largest absolute Gasteiger partial charge is 0.313 e. The van der Waals surface area contributed by atoms with Crippen LogP contribution in [0.4, 0.5) is 0 Å². The molecule has 0 saturated heterocycles. The maximum absolute atomic E-state index is 6.17. The Balaban J connectivity index is 2.19. The van der Waals surface area contributed by atoms with E-state index in [1.807, 2.05) is 13.1 Å². The van der Waals surface area contributed by atoms with Crippen molar-refractivity contribution in [1.82, 2.24) is 5.32 Å². The summed E-state index contributed by atoms with van der Waals surface area (Å²) in [7, 11) is 2.00. The zero-order chi connectivity index (χ0) is 14.5. The van der Waals surface area contributed by atoms with E-state index in [0.717, 1.165) is 17.9 Å². The highest BCUT2D eigenvalue weighted by atomic mass is 35.5. The minimum atomic E-state index is 0.292. The fourth-order valence-electron chi connectivity index (χ4n) is 2.50. The van der Waals surface area contributed by atoms with Crippen LogP contribution in [-0.2, 0) is 12.8 Å². The first-order valence-corrected chi connectivity index (χ1v) is 7.52. The summed E-state index contributed by atoms with van der Waals surface area (Å²) in [5, 5.41) is 4.20. The fraction of sp³-hybridized carbons (Fsp3) is 0.333. The van der Waals surface area contributed by atoms with Gasteiger partial charge in [-0.25, -0.2) is 0 Å². The normalized spacial score (nSPS) is 12.4. The van der Waals surface area contributed by atoms with E-state index in [4.69, 9.17) is 11.6 Å². The molecule has 0 aliphatic heterocycles. The second-order valence-electron chi connectivity index (χ2n) is 5.28. The number of rotatable bonds is 5. The van der Waals surface area contributed by atoms with Crippen molar-refractivity contribution in [3.63, 3.8) is 0 Å². The molecule has 0 aliphatic carbocycles. The van der Waals surface area contributed by atoms with Gasteiger partial charge in [0.25, 0.3) is 0 Å². The van der Waals surface area contributed by atoms with E-state index >= 15 is 0 Å². The molecule has 0 spiro atoms. The third kappa shape index (κ3) is 3.84. The first-order chi connectivity index (χ1) is 9.62. The molecule has 0 saturated carbocycles. The molecule has 0 fully saturated rings. The molecule has 0 aliphatic rings. The first-order valence-electron chi connectivity index (χ1n) is 7.14. The van der Waals surface area contributed by atoms with Gasteiger partial charge in [0.05, 0.1) is 0 Å². The maximum Gasteiger partial charge on any atom is 0.0411 e. The van der Waals surface area contributed by atoms with Crippen molar-refractivity contribution >= 4 is 11.6 Å². The highest BCUT2D eigenvalue weighted by Gasteiger charge is 2.11. The minimum Gasteiger partial charge on any atom is -0.313 e. The molecule has 0 amide bonds. The number of likely N-dealkylation sites (N-methyl/N-ethyl adjacent to an activating group) is 1. The number of hydrogen-bond acceptors (Lipinski definition) is 1. The third-order valence-electron chi connectivity index (χ3n) is 3.69. The number of hydrogen-bond donors (Lipinski definition) is 1. The van der Waals surface area contributed by atoms with Gasteiger partial charge in [0, 0.05) is 11.1 Å². The highest BCUT2D eigenvalue weighted by molar-refractivity contribution is 6.30. The van der Waals surface area contributed by atoms with Gasteiger partial charge in [-0.2, -0.15) is 0 Å². The zero-order valence-corrected chi connectivity index (χ0v) is 13.2. The average Bonchev–Trinajstić information content (AvgIpc) is 2.44. The molecule has 0 radical (unpaired) electrons. The summed E-state index contributed by atoms with van der Waals surface area (Å²) >= 11 is 6.17. The lowest BCUT2D eigenvalue weighted by atomic mass is 9.97. The van der Waals surface area contributed by atoms with Crippen LogP contribution >= 0.6 is 11.6 Å². The van der Waals surface area contributed by atoms with Crippen molar-refractivity contribution in [3.8, 4) is 0 Å². The molecule has 0 aromatic heterocycles. The van der Waals surface area contributed by atoms with Gasteiger partial charge >= 0.3 is 0 Å². The van der Waals surface area contributed by atoms with Gasteiger partial charge in [-0.3, -0.25) is 0 Å². The summed E-state index contributed by atoms with van der Waals surface area (Å²) in [6.45, 7) is 4.26. The molecule has 2 heteroatoms. The Morgan fingerprint density at radius 2 is 1.70 bits per heavy atom. The van der Waals surface area contributed by atoms with Crippen molar-refractivity contribution in [2.45, 2.75) is 32.7 Å². The molecule has 2 rings (SSSR count). The molecule has 2 aromatic rings. The van der Waals surface area contributed by atoms with Crippen molar-refractivity contribution in [1.29, 1.82) is 0 Å². The topological polar surface area (TPSA) is 12.0 Å². The van der Waals surface area contributed by atoms with Gasteiger partial charge in [0.2, 0.25) is 0 Å². The Kier molecular flexibility index (Phi) is 5.22. The molecule has 1 unspecified atom stereocenters. The Morgan fingerprint density at radius 1 is 1.05 bits per heavy atom. The van der Waals surface area contributed by atoms with Crippen LogP contribution in [0.2, 0.25) is 5.02 Å². The van der Waals surface area contributed by atoms with E-state index in [-0.39, 0.29) is 0 Å². The van der Waals surface area contributed by atoms with Crippen LogP contribution in [0.25, 0.3) is 0 Å². The van der Waals surface area contributed by atoms with Crippen molar-refractivity contribution in [2.75, 3.05) is 7.05 Å². The van der Waals surface area contributed by atoms with Crippen molar-refractivity contribution in [3.05, 3.63) is 69.7 Å². The van der Waals surface area contributed by atoms with E-state index in [9.17, 15) is 0 Å². The van der Waals surface area contributed by atoms with E-state index in [1.54, 1.807) is 0 Å². The zero-order valence-electron chi connectivity index (χ0n) is 12.4. The monoisotopic (exact) mass is 287 g/mol. The lowest BCUT2D eigenvalue weighted by molar-refractivity contribution is 0.591. The lowest BCUT2D eigenvalue weighted by Crippen LogP contribution is -2.19. The van der Waals surface area contributed by atoms with Gasteiger partial charge in [-0.05, 0) is 61.2 Å². The summed E-state index contributed by atoms with van der Waals surface area (Å²) in [6.07, 6.45) is 2.06. The van der Waals surface area contributed by atoms with Crippen molar-refractivity contribution in [2.24, 2.45) is 0 Å². The predicted octanol–water partition coefficient (Wildman–Crippen LogP) is 4.71. The maximum atomic E-state index is 6.17. The van der Waals surface area contributed by atoms with Crippen LogP contribution in [0.3, 0.4) is 0 Å². The molecular formula is C18H22ClN. The molecule has 106 valence electrons. The molecule has 0 bridgehead atoms. The Morgan fingerprint density at radius 3 is 2.25 bits per heavy atom. The SMILES string of the molecule is CCc1ccc(CC(NC)c2cc(C)cc(Cl)c2)cc1. The first kappa shape index (κ1) is 15.1. The third-order valence-corrected chi connectivity index (χ3v) is 3.90. The molecular weight excluding hydrogens is 266 g/mol. The van der Waals surface area contributed by atoms with E-state index in [1.165, 1.54) is 22.3 Å². The van der Waals surface area contributed by atoms with Crippen LogP contribution in [-0.4, -0.2) is 7.05 Å². The van der Waals surface area contributed by atoms with Gasteiger partial charge in [-0.15, -0.1) is 0 Å². The molecule has 2 aromatic carbocycles. The van der Waals surface area contributed by atoms with E-state index in [2.05, 4.69) is 55.6 Å². The fourth-order valence-corrected chi connectivity index (χ4v) is 2.80. The molecule has 1 nitrogen and oxygen atoms in total. The molecule has 20 heavy (non-hydrogen) atoms. The quantitative estimate of drug-likeness (QED) is 0.839. The van der Waals surface area contributed by atoms with Crippen LogP contribution in [0.1, 0.15) is 35.2 Å². The highest BCUT2D eigenvalue weighted by Crippen LogP contribution is 2.23. The number of aryl methyl sites for hydroxylation is 2. The van der Waals surface area contributed by atoms with E-state index < -0.39 is 0 Å². The van der Waals surface area contributed by atoms with Gasteiger partial charge < -0.3 is 5.32 Å². The number of benzene rings is 2. The number of nitrogens with one attached hydrogen (secondary N) is 1. The standard InChI is InChI=1S/C18H22ClN/c1-4-14-5-7-15(8-6-14)11-18(20-3)16-9-13(2)10-17(19)12-16/h5-10,12,18,20H,4,11H2,1-3H3. The van der Waals surface area contributed by atoms with E-state index in [0.29, 0.717) is 6.04 Å². The summed E-state index contributed by atoms with van der Waals surface area (Å²) in [5.41, 5.74) is 5.18. The summed E-state index contributed by atoms with van der Waals surface area (Å²) < 4.78 is 0. The smallest absolute Gasteiger partial charge is 0.0411 e. The summed E-state index contributed by atoms with van der Waals surface area (Å²) in [6, 6.07) is 15.4. The summed E-state index contributed by atoms with van der Waals surface area (Å²) in [5.74, 6) is 0. The van der Waals surface area contributed by atoms with Crippen LogP contribution in [0.15, 0.2) is 42.5 Å². The second-order valence-corrected chi connectivity index (χ2v) is 5.71. The summed E-state index contributed by atoms with van der Waals surface area (Å²) in [4.78, 5) is 0. The van der Waals surface area contributed by atoms with Gasteiger partial charge in [0.1, 0.15) is 0 Å². The van der Waals surface area contributed by atoms with Crippen LogP contribution < -0.4 is 5.32 Å². The Labute approximate surface area is 127 Å². The van der Waals surface area contributed by atoms with Crippen molar-refractivity contribution < 1.29 is 0 Å². The lowest BCUT2D eigenvalue weighted by Gasteiger charge is -2.18. The molecule has 0 heterocycles.